The van der Waals surface area contributed by atoms with Crippen LogP contribution in [0.2, 0.25) is 0 Å². The number of rotatable bonds is 5. The Labute approximate surface area is 148 Å². The number of hydrogen-bond donors (Lipinski definition) is 1. The molecule has 0 saturated carbocycles. The van der Waals surface area contributed by atoms with Gasteiger partial charge in [0.25, 0.3) is 5.91 Å². The Bertz CT molecular complexity index is 720. The van der Waals surface area contributed by atoms with Gasteiger partial charge in [-0.15, -0.1) is 23.1 Å². The van der Waals surface area contributed by atoms with E-state index in [1.807, 2.05) is 12.3 Å². The standard InChI is InChI=1S/C16H18N4O2S2/c1-11-19-13(8-24-11)4-6-18-15(21)14-9-23-10-20(14)16(22)12-3-2-5-17-7-12/h2-3,5,7-8,14H,4,6,9-10H2,1H3,(H,18,21). The third kappa shape index (κ3) is 3.93. The molecule has 2 amide bonds. The second kappa shape index (κ2) is 7.76. The lowest BCUT2D eigenvalue weighted by atomic mass is 10.2. The van der Waals surface area contributed by atoms with E-state index in [0.717, 1.165) is 10.7 Å². The number of thiazole rings is 1. The van der Waals surface area contributed by atoms with E-state index in [1.165, 1.54) is 6.20 Å². The highest BCUT2D eigenvalue weighted by Crippen LogP contribution is 2.23. The first-order chi connectivity index (χ1) is 11.6. The lowest BCUT2D eigenvalue weighted by molar-refractivity contribution is -0.124. The van der Waals surface area contributed by atoms with Gasteiger partial charge in [0.2, 0.25) is 5.91 Å². The first-order valence-corrected chi connectivity index (χ1v) is 9.66. The average molecular weight is 362 g/mol. The number of nitrogens with zero attached hydrogens (tertiary/aromatic N) is 3. The lowest BCUT2D eigenvalue weighted by Gasteiger charge is -2.23. The van der Waals surface area contributed by atoms with Crippen molar-refractivity contribution in [2.45, 2.75) is 19.4 Å². The fraction of sp³-hybridized carbons (Fsp3) is 0.375. The number of nitrogens with one attached hydrogen (secondary N) is 1. The Hall–Kier alpha value is -1.93. The van der Waals surface area contributed by atoms with Crippen LogP contribution in [0.4, 0.5) is 0 Å². The van der Waals surface area contributed by atoms with Crippen LogP contribution in [0.3, 0.4) is 0 Å². The van der Waals surface area contributed by atoms with Gasteiger partial charge in [0.15, 0.2) is 0 Å². The van der Waals surface area contributed by atoms with Crippen molar-refractivity contribution in [1.82, 2.24) is 20.2 Å². The smallest absolute Gasteiger partial charge is 0.256 e. The molecule has 24 heavy (non-hydrogen) atoms. The van der Waals surface area contributed by atoms with Gasteiger partial charge in [-0.05, 0) is 19.1 Å². The molecule has 0 radical (unpaired) electrons. The molecular weight excluding hydrogens is 344 g/mol. The van der Waals surface area contributed by atoms with Gasteiger partial charge in [-0.1, -0.05) is 0 Å². The summed E-state index contributed by atoms with van der Waals surface area (Å²) in [6, 6.07) is 3.01. The molecule has 8 heteroatoms. The third-order valence-corrected chi connectivity index (χ3v) is 5.54. The summed E-state index contributed by atoms with van der Waals surface area (Å²) in [6.07, 6.45) is 3.86. The topological polar surface area (TPSA) is 75.2 Å². The molecule has 0 aliphatic carbocycles. The Balaban J connectivity index is 1.56. The molecule has 2 aromatic heterocycles. The maximum Gasteiger partial charge on any atom is 0.256 e. The van der Waals surface area contributed by atoms with Crippen LogP contribution in [0.1, 0.15) is 21.1 Å². The van der Waals surface area contributed by atoms with Crippen molar-refractivity contribution in [3.63, 3.8) is 0 Å². The minimum absolute atomic E-state index is 0.107. The van der Waals surface area contributed by atoms with Crippen LogP contribution >= 0.6 is 23.1 Å². The molecule has 1 fully saturated rings. The van der Waals surface area contributed by atoms with Crippen molar-refractivity contribution in [3.05, 3.63) is 46.2 Å². The second-order valence-corrected chi connectivity index (χ2v) is 7.49. The number of hydrogen-bond acceptors (Lipinski definition) is 6. The molecule has 1 aliphatic heterocycles. The Morgan fingerprint density at radius 1 is 1.46 bits per heavy atom. The van der Waals surface area contributed by atoms with Gasteiger partial charge in [-0.3, -0.25) is 14.6 Å². The molecule has 1 aliphatic rings. The highest BCUT2D eigenvalue weighted by molar-refractivity contribution is 7.99. The summed E-state index contributed by atoms with van der Waals surface area (Å²) in [6.45, 7) is 2.49. The number of amides is 2. The maximum atomic E-state index is 12.5. The van der Waals surface area contributed by atoms with E-state index < -0.39 is 6.04 Å². The highest BCUT2D eigenvalue weighted by Gasteiger charge is 2.34. The number of carbonyl (C=O) groups excluding carboxylic acids is 2. The summed E-state index contributed by atoms with van der Waals surface area (Å²) in [7, 11) is 0. The fourth-order valence-electron chi connectivity index (χ4n) is 2.47. The zero-order valence-electron chi connectivity index (χ0n) is 13.3. The number of aromatic nitrogens is 2. The highest BCUT2D eigenvalue weighted by atomic mass is 32.2. The summed E-state index contributed by atoms with van der Waals surface area (Å²) in [5.74, 6) is 0.887. The molecule has 1 atom stereocenters. The van der Waals surface area contributed by atoms with Gasteiger partial charge in [0, 0.05) is 36.5 Å². The average Bonchev–Trinajstić information content (AvgIpc) is 3.24. The van der Waals surface area contributed by atoms with Gasteiger partial charge in [0.05, 0.1) is 22.1 Å². The van der Waals surface area contributed by atoms with Crippen molar-refractivity contribution in [2.24, 2.45) is 0 Å². The van der Waals surface area contributed by atoms with Crippen LogP contribution in [0.25, 0.3) is 0 Å². The van der Waals surface area contributed by atoms with E-state index in [9.17, 15) is 9.59 Å². The summed E-state index contributed by atoms with van der Waals surface area (Å²) < 4.78 is 0. The maximum absolute atomic E-state index is 12.5. The van der Waals surface area contributed by atoms with Gasteiger partial charge in [-0.2, -0.15) is 0 Å². The molecule has 0 spiro atoms. The summed E-state index contributed by atoms with van der Waals surface area (Å²) >= 11 is 3.19. The van der Waals surface area contributed by atoms with Crippen LogP contribution in [0, 0.1) is 6.92 Å². The normalized spacial score (nSPS) is 17.0. The molecule has 1 N–H and O–H groups in total. The lowest BCUT2D eigenvalue weighted by Crippen LogP contribution is -2.47. The predicted molar refractivity (Wildman–Crippen MR) is 95.1 cm³/mol. The molecule has 3 heterocycles. The van der Waals surface area contributed by atoms with Crippen molar-refractivity contribution in [3.8, 4) is 0 Å². The first-order valence-electron chi connectivity index (χ1n) is 7.62. The van der Waals surface area contributed by atoms with Gasteiger partial charge < -0.3 is 10.2 Å². The molecule has 0 aromatic carbocycles. The Kier molecular flexibility index (Phi) is 5.47. The Morgan fingerprint density at radius 3 is 3.04 bits per heavy atom. The third-order valence-electron chi connectivity index (χ3n) is 3.70. The van der Waals surface area contributed by atoms with Crippen LogP contribution < -0.4 is 5.32 Å². The molecule has 2 aromatic rings. The summed E-state index contributed by atoms with van der Waals surface area (Å²) in [5.41, 5.74) is 1.50. The zero-order valence-corrected chi connectivity index (χ0v) is 14.9. The van der Waals surface area contributed by atoms with E-state index >= 15 is 0 Å². The van der Waals surface area contributed by atoms with Crippen molar-refractivity contribution in [1.29, 1.82) is 0 Å². The van der Waals surface area contributed by atoms with Crippen LogP contribution in [-0.2, 0) is 11.2 Å². The molecule has 126 valence electrons. The molecule has 1 saturated heterocycles. The van der Waals surface area contributed by atoms with Crippen molar-refractivity contribution >= 4 is 34.9 Å². The van der Waals surface area contributed by atoms with Crippen LogP contribution in [0.5, 0.6) is 0 Å². The van der Waals surface area contributed by atoms with E-state index in [4.69, 9.17) is 0 Å². The fourth-order valence-corrected chi connectivity index (χ4v) is 4.27. The largest absolute Gasteiger partial charge is 0.354 e. The molecule has 3 rings (SSSR count). The van der Waals surface area contributed by atoms with E-state index in [0.29, 0.717) is 30.2 Å². The van der Waals surface area contributed by atoms with E-state index in [2.05, 4.69) is 15.3 Å². The zero-order chi connectivity index (χ0) is 16.9. The van der Waals surface area contributed by atoms with Crippen LogP contribution in [-0.4, -0.2) is 50.9 Å². The van der Waals surface area contributed by atoms with Crippen molar-refractivity contribution in [2.75, 3.05) is 18.2 Å². The van der Waals surface area contributed by atoms with Gasteiger partial charge in [0.1, 0.15) is 6.04 Å². The number of thioether (sulfide) groups is 1. The second-order valence-electron chi connectivity index (χ2n) is 5.43. The summed E-state index contributed by atoms with van der Waals surface area (Å²) in [4.78, 5) is 34.9. The molecule has 1 unspecified atom stereocenters. The summed E-state index contributed by atoms with van der Waals surface area (Å²) in [5, 5.41) is 5.95. The van der Waals surface area contributed by atoms with Gasteiger partial charge in [-0.25, -0.2) is 4.98 Å². The SMILES string of the molecule is Cc1nc(CCNC(=O)C2CSCN2C(=O)c2cccnc2)cs1. The number of pyridine rings is 1. The quantitative estimate of drug-likeness (QED) is 0.877. The monoisotopic (exact) mass is 362 g/mol. The van der Waals surface area contributed by atoms with E-state index in [1.54, 1.807) is 46.3 Å². The Morgan fingerprint density at radius 2 is 2.33 bits per heavy atom. The first kappa shape index (κ1) is 16.9. The molecule has 6 nitrogen and oxygen atoms in total. The number of aryl methyl sites for hydroxylation is 1. The molecular formula is C16H18N4O2S2. The van der Waals surface area contributed by atoms with E-state index in [-0.39, 0.29) is 11.8 Å². The molecule has 0 bridgehead atoms. The van der Waals surface area contributed by atoms with Gasteiger partial charge >= 0.3 is 0 Å². The van der Waals surface area contributed by atoms with Crippen molar-refractivity contribution < 1.29 is 9.59 Å². The minimum atomic E-state index is -0.431. The minimum Gasteiger partial charge on any atom is -0.354 e. The predicted octanol–water partition coefficient (Wildman–Crippen LogP) is 1.72. The number of carbonyl (C=O) groups is 2. The van der Waals surface area contributed by atoms with Crippen LogP contribution in [0.15, 0.2) is 29.9 Å².